The van der Waals surface area contributed by atoms with Crippen LogP contribution in [0.25, 0.3) is 0 Å². The van der Waals surface area contributed by atoms with E-state index in [-0.39, 0.29) is 6.03 Å². The molecule has 0 saturated heterocycles. The van der Waals surface area contributed by atoms with E-state index < -0.39 is 6.04 Å². The lowest BCUT2D eigenvalue weighted by atomic mass is 10.1. The lowest BCUT2D eigenvalue weighted by molar-refractivity contribution is -0.109. The van der Waals surface area contributed by atoms with Gasteiger partial charge in [0.1, 0.15) is 6.29 Å². The van der Waals surface area contributed by atoms with Crippen LogP contribution in [0.15, 0.2) is 91.0 Å². The van der Waals surface area contributed by atoms with Crippen molar-refractivity contribution < 1.29 is 14.3 Å². The Kier molecular flexibility index (Phi) is 8.83. The van der Waals surface area contributed by atoms with Gasteiger partial charge in [0.15, 0.2) is 0 Å². The third-order valence-corrected chi connectivity index (χ3v) is 4.89. The Morgan fingerprint density at radius 2 is 1.39 bits per heavy atom. The lowest BCUT2D eigenvalue weighted by Gasteiger charge is -2.25. The number of aldehydes is 1. The van der Waals surface area contributed by atoms with Crippen molar-refractivity contribution >= 4 is 12.3 Å². The van der Waals surface area contributed by atoms with Crippen LogP contribution >= 0.6 is 0 Å². The van der Waals surface area contributed by atoms with Crippen LogP contribution in [-0.2, 0) is 29.1 Å². The Balaban J connectivity index is 1.58. The van der Waals surface area contributed by atoms with Crippen molar-refractivity contribution in [2.45, 2.75) is 25.6 Å². The predicted molar refractivity (Wildman–Crippen MR) is 121 cm³/mol. The van der Waals surface area contributed by atoms with Crippen molar-refractivity contribution in [2.75, 3.05) is 13.2 Å². The number of ether oxygens (including phenoxy) is 1. The molecule has 0 heterocycles. The molecule has 31 heavy (non-hydrogen) atoms. The summed E-state index contributed by atoms with van der Waals surface area (Å²) in [6, 6.07) is 28.5. The summed E-state index contributed by atoms with van der Waals surface area (Å²) < 4.78 is 5.77. The Morgan fingerprint density at radius 3 is 1.97 bits per heavy atom. The SMILES string of the molecule is O=C[C@H](Cc1ccccc1)NC(=O)N(CCOCc1ccccc1)Cc1ccccc1. The number of nitrogens with one attached hydrogen (secondary N) is 1. The third-order valence-electron chi connectivity index (χ3n) is 4.89. The van der Waals surface area contributed by atoms with Gasteiger partial charge in [-0.1, -0.05) is 91.0 Å². The van der Waals surface area contributed by atoms with Gasteiger partial charge in [0.05, 0.1) is 19.3 Å². The van der Waals surface area contributed by atoms with Crippen LogP contribution in [0.3, 0.4) is 0 Å². The molecule has 5 nitrogen and oxygen atoms in total. The van der Waals surface area contributed by atoms with E-state index in [9.17, 15) is 9.59 Å². The van der Waals surface area contributed by atoms with Crippen LogP contribution in [-0.4, -0.2) is 36.4 Å². The van der Waals surface area contributed by atoms with E-state index in [1.165, 1.54) is 0 Å². The minimum atomic E-state index is -0.585. The fourth-order valence-corrected chi connectivity index (χ4v) is 3.25. The maximum Gasteiger partial charge on any atom is 0.318 e. The maximum atomic E-state index is 13.0. The highest BCUT2D eigenvalue weighted by Crippen LogP contribution is 2.08. The number of benzene rings is 3. The summed E-state index contributed by atoms with van der Waals surface area (Å²) in [6.07, 6.45) is 1.25. The van der Waals surface area contributed by atoms with E-state index in [1.54, 1.807) is 4.90 Å². The standard InChI is InChI=1S/C26H28N2O3/c29-20-25(18-22-10-4-1-5-11-22)27-26(30)28(19-23-12-6-2-7-13-23)16-17-31-21-24-14-8-3-9-15-24/h1-15,20,25H,16-19,21H2,(H,27,30)/t25-/m0/s1. The fourth-order valence-electron chi connectivity index (χ4n) is 3.25. The molecule has 5 heteroatoms. The van der Waals surface area contributed by atoms with Crippen LogP contribution < -0.4 is 5.32 Å². The number of hydrogen-bond donors (Lipinski definition) is 1. The van der Waals surface area contributed by atoms with Crippen LogP contribution in [0.1, 0.15) is 16.7 Å². The highest BCUT2D eigenvalue weighted by atomic mass is 16.5. The molecule has 3 aromatic carbocycles. The molecule has 0 aromatic heterocycles. The van der Waals surface area contributed by atoms with E-state index in [1.807, 2.05) is 91.0 Å². The molecular weight excluding hydrogens is 388 g/mol. The van der Waals surface area contributed by atoms with Crippen molar-refractivity contribution in [3.8, 4) is 0 Å². The molecule has 3 aromatic rings. The zero-order chi connectivity index (χ0) is 21.7. The zero-order valence-electron chi connectivity index (χ0n) is 17.5. The van der Waals surface area contributed by atoms with E-state index in [0.717, 1.165) is 23.0 Å². The van der Waals surface area contributed by atoms with E-state index in [4.69, 9.17) is 4.74 Å². The van der Waals surface area contributed by atoms with Crippen molar-refractivity contribution in [3.05, 3.63) is 108 Å². The summed E-state index contributed by atoms with van der Waals surface area (Å²) in [6.45, 7) is 1.76. The van der Waals surface area contributed by atoms with Gasteiger partial charge in [-0.25, -0.2) is 4.79 Å². The molecular formula is C26H28N2O3. The molecule has 0 saturated carbocycles. The molecule has 0 radical (unpaired) electrons. The van der Waals surface area contributed by atoms with Crippen LogP contribution in [0.5, 0.6) is 0 Å². The van der Waals surface area contributed by atoms with Crippen LogP contribution in [0.4, 0.5) is 4.79 Å². The minimum absolute atomic E-state index is 0.278. The van der Waals surface area contributed by atoms with E-state index in [2.05, 4.69) is 5.32 Å². The van der Waals surface area contributed by atoms with Crippen LogP contribution in [0.2, 0.25) is 0 Å². The summed E-state index contributed by atoms with van der Waals surface area (Å²) >= 11 is 0. The van der Waals surface area contributed by atoms with Crippen LogP contribution in [0, 0.1) is 0 Å². The number of urea groups is 1. The molecule has 1 N–H and O–H groups in total. The normalized spacial score (nSPS) is 11.5. The van der Waals surface area contributed by atoms with Crippen molar-refractivity contribution in [3.63, 3.8) is 0 Å². The van der Waals surface area contributed by atoms with Gasteiger partial charge in [-0.05, 0) is 23.1 Å². The molecule has 0 aliphatic rings. The minimum Gasteiger partial charge on any atom is -0.375 e. The van der Waals surface area contributed by atoms with Gasteiger partial charge in [-0.15, -0.1) is 0 Å². The molecule has 0 bridgehead atoms. The first kappa shape index (κ1) is 22.2. The van der Waals surface area contributed by atoms with Gasteiger partial charge < -0.3 is 19.7 Å². The second-order valence-corrected chi connectivity index (χ2v) is 7.33. The quantitative estimate of drug-likeness (QED) is 0.376. The number of rotatable bonds is 11. The smallest absolute Gasteiger partial charge is 0.318 e. The molecule has 0 aliphatic heterocycles. The van der Waals surface area contributed by atoms with Crippen molar-refractivity contribution in [1.29, 1.82) is 0 Å². The Labute approximate surface area is 183 Å². The largest absolute Gasteiger partial charge is 0.375 e. The summed E-state index contributed by atoms with van der Waals surface area (Å²) in [5.41, 5.74) is 3.11. The first-order valence-electron chi connectivity index (χ1n) is 10.4. The second kappa shape index (κ2) is 12.3. The summed E-state index contributed by atoms with van der Waals surface area (Å²) in [5, 5.41) is 2.86. The number of amides is 2. The van der Waals surface area contributed by atoms with Gasteiger partial charge in [-0.3, -0.25) is 0 Å². The average Bonchev–Trinajstić information content (AvgIpc) is 2.82. The highest BCUT2D eigenvalue weighted by molar-refractivity contribution is 5.78. The average molecular weight is 417 g/mol. The predicted octanol–water partition coefficient (Wildman–Crippen LogP) is 4.23. The molecule has 0 aliphatic carbocycles. The fraction of sp³-hybridized carbons (Fsp3) is 0.231. The first-order valence-corrected chi connectivity index (χ1v) is 10.4. The van der Waals surface area contributed by atoms with E-state index in [0.29, 0.717) is 32.7 Å². The molecule has 1 atom stereocenters. The molecule has 2 amide bonds. The zero-order valence-corrected chi connectivity index (χ0v) is 17.5. The Morgan fingerprint density at radius 1 is 0.839 bits per heavy atom. The molecule has 160 valence electrons. The third kappa shape index (κ3) is 7.72. The van der Waals surface area contributed by atoms with Gasteiger partial charge >= 0.3 is 6.03 Å². The topological polar surface area (TPSA) is 58.6 Å². The van der Waals surface area contributed by atoms with Gasteiger partial charge in [-0.2, -0.15) is 0 Å². The Hall–Kier alpha value is -3.44. The number of nitrogens with zero attached hydrogens (tertiary/aromatic N) is 1. The molecule has 0 fully saturated rings. The van der Waals surface area contributed by atoms with Gasteiger partial charge in [0, 0.05) is 13.1 Å². The lowest BCUT2D eigenvalue weighted by Crippen LogP contribution is -2.47. The number of hydrogen-bond acceptors (Lipinski definition) is 3. The van der Waals surface area contributed by atoms with E-state index >= 15 is 0 Å². The first-order chi connectivity index (χ1) is 15.2. The maximum absolute atomic E-state index is 13.0. The van der Waals surface area contributed by atoms with Gasteiger partial charge in [0.2, 0.25) is 0 Å². The summed E-state index contributed by atoms with van der Waals surface area (Å²) in [4.78, 5) is 26.2. The molecule has 0 spiro atoms. The molecule has 3 rings (SSSR count). The van der Waals surface area contributed by atoms with Gasteiger partial charge in [0.25, 0.3) is 0 Å². The summed E-state index contributed by atoms with van der Waals surface area (Å²) in [7, 11) is 0. The number of carbonyl (C=O) groups is 2. The van der Waals surface area contributed by atoms with Crippen molar-refractivity contribution in [1.82, 2.24) is 10.2 Å². The van der Waals surface area contributed by atoms with Crippen molar-refractivity contribution in [2.24, 2.45) is 0 Å². The molecule has 0 unspecified atom stereocenters. The monoisotopic (exact) mass is 416 g/mol. The second-order valence-electron chi connectivity index (χ2n) is 7.33. The highest BCUT2D eigenvalue weighted by Gasteiger charge is 2.18. The summed E-state index contributed by atoms with van der Waals surface area (Å²) in [5.74, 6) is 0. The number of carbonyl (C=O) groups excluding carboxylic acids is 2. The Bertz CT molecular complexity index is 917.